The van der Waals surface area contributed by atoms with Crippen molar-refractivity contribution in [1.82, 2.24) is 4.72 Å². The fourth-order valence-corrected chi connectivity index (χ4v) is 5.20. The molecule has 1 aromatic rings. The number of aryl methyl sites for hydroxylation is 1. The van der Waals surface area contributed by atoms with Gasteiger partial charge < -0.3 is 5.11 Å². The molecule has 1 aliphatic carbocycles. The van der Waals surface area contributed by atoms with Gasteiger partial charge in [0.05, 0.1) is 0 Å². The summed E-state index contributed by atoms with van der Waals surface area (Å²) in [5.74, 6) is 0. The molecule has 0 aromatic carbocycles. The van der Waals surface area contributed by atoms with Gasteiger partial charge >= 0.3 is 0 Å². The van der Waals surface area contributed by atoms with Crippen molar-refractivity contribution in [1.29, 1.82) is 0 Å². The first-order chi connectivity index (χ1) is 9.51. The minimum atomic E-state index is -3.44. The SMILES string of the molecule is CCc1ccc(S(=O)(=O)NCC2(CO)CCCCC2)s1. The van der Waals surface area contributed by atoms with Crippen molar-refractivity contribution in [3.63, 3.8) is 0 Å². The van der Waals surface area contributed by atoms with E-state index in [0.29, 0.717) is 10.8 Å². The van der Waals surface area contributed by atoms with Crippen molar-refractivity contribution in [2.24, 2.45) is 5.41 Å². The molecular weight excluding hydrogens is 294 g/mol. The van der Waals surface area contributed by atoms with Gasteiger partial charge in [0.1, 0.15) is 4.21 Å². The predicted octanol–water partition coefficient (Wildman–Crippen LogP) is 2.53. The average molecular weight is 317 g/mol. The minimum Gasteiger partial charge on any atom is -0.396 e. The lowest BCUT2D eigenvalue weighted by Crippen LogP contribution is -2.41. The fraction of sp³-hybridized carbons (Fsp3) is 0.714. The van der Waals surface area contributed by atoms with Crippen LogP contribution in [0, 0.1) is 5.41 Å². The van der Waals surface area contributed by atoms with Gasteiger partial charge in [0.25, 0.3) is 0 Å². The van der Waals surface area contributed by atoms with E-state index in [1.54, 1.807) is 6.07 Å². The lowest BCUT2D eigenvalue weighted by Gasteiger charge is -2.35. The van der Waals surface area contributed by atoms with Crippen LogP contribution in [0.2, 0.25) is 0 Å². The van der Waals surface area contributed by atoms with Crippen LogP contribution in [0.25, 0.3) is 0 Å². The molecule has 1 fully saturated rings. The number of aliphatic hydroxyl groups excluding tert-OH is 1. The van der Waals surface area contributed by atoms with E-state index in [0.717, 1.165) is 37.0 Å². The highest BCUT2D eigenvalue weighted by Crippen LogP contribution is 2.35. The molecule has 0 bridgehead atoms. The number of hydrogen-bond donors (Lipinski definition) is 2. The van der Waals surface area contributed by atoms with Crippen LogP contribution in [0.1, 0.15) is 43.9 Å². The van der Waals surface area contributed by atoms with Gasteiger partial charge in [-0.3, -0.25) is 0 Å². The van der Waals surface area contributed by atoms with E-state index in [4.69, 9.17) is 0 Å². The van der Waals surface area contributed by atoms with Crippen LogP contribution in [-0.2, 0) is 16.4 Å². The summed E-state index contributed by atoms with van der Waals surface area (Å²) in [6.45, 7) is 2.41. The molecule has 4 nitrogen and oxygen atoms in total. The number of nitrogens with one attached hydrogen (secondary N) is 1. The lowest BCUT2D eigenvalue weighted by molar-refractivity contribution is 0.0867. The Bertz CT molecular complexity index is 530. The van der Waals surface area contributed by atoms with Crippen LogP contribution in [-0.4, -0.2) is 26.7 Å². The van der Waals surface area contributed by atoms with Crippen LogP contribution >= 0.6 is 11.3 Å². The standard InChI is InChI=1S/C14H23NO3S2/c1-2-12-6-7-13(19-12)20(17,18)15-10-14(11-16)8-4-3-5-9-14/h6-7,15-16H,2-5,8-11H2,1H3. The number of aliphatic hydroxyl groups is 1. The predicted molar refractivity (Wildman–Crippen MR) is 81.5 cm³/mol. The highest BCUT2D eigenvalue weighted by molar-refractivity contribution is 7.91. The van der Waals surface area contributed by atoms with Crippen LogP contribution in [0.3, 0.4) is 0 Å². The Morgan fingerprint density at radius 3 is 2.55 bits per heavy atom. The van der Waals surface area contributed by atoms with Gasteiger partial charge in [0, 0.05) is 23.4 Å². The van der Waals surface area contributed by atoms with Gasteiger partial charge in [-0.2, -0.15) is 0 Å². The van der Waals surface area contributed by atoms with E-state index in [1.807, 2.05) is 13.0 Å². The second-order valence-electron chi connectivity index (χ2n) is 5.62. The summed E-state index contributed by atoms with van der Waals surface area (Å²) in [6, 6.07) is 3.53. The third kappa shape index (κ3) is 3.61. The van der Waals surface area contributed by atoms with Gasteiger partial charge in [-0.05, 0) is 31.4 Å². The molecule has 0 spiro atoms. The molecule has 6 heteroatoms. The zero-order valence-electron chi connectivity index (χ0n) is 11.9. The van der Waals surface area contributed by atoms with E-state index in [2.05, 4.69) is 4.72 Å². The van der Waals surface area contributed by atoms with Gasteiger partial charge in [0.2, 0.25) is 10.0 Å². The van der Waals surface area contributed by atoms with Crippen LogP contribution in [0.15, 0.2) is 16.3 Å². The quantitative estimate of drug-likeness (QED) is 0.847. The first-order valence-corrected chi connectivity index (χ1v) is 9.50. The third-order valence-electron chi connectivity index (χ3n) is 4.14. The Morgan fingerprint density at radius 2 is 2.00 bits per heavy atom. The molecule has 1 aliphatic rings. The lowest BCUT2D eigenvalue weighted by atomic mass is 9.75. The summed E-state index contributed by atoms with van der Waals surface area (Å²) in [4.78, 5) is 1.07. The Hall–Kier alpha value is -0.430. The molecule has 0 radical (unpaired) electrons. The number of thiophene rings is 1. The summed E-state index contributed by atoms with van der Waals surface area (Å²) in [5, 5.41) is 9.62. The molecule has 0 amide bonds. The van der Waals surface area contributed by atoms with Gasteiger partial charge in [-0.1, -0.05) is 26.2 Å². The minimum absolute atomic E-state index is 0.0557. The Labute approximate surface area is 125 Å². The van der Waals surface area contributed by atoms with Crippen LogP contribution in [0.5, 0.6) is 0 Å². The second kappa shape index (κ2) is 6.56. The topological polar surface area (TPSA) is 66.4 Å². The molecule has 0 atom stereocenters. The zero-order valence-corrected chi connectivity index (χ0v) is 13.5. The third-order valence-corrected chi connectivity index (χ3v) is 7.26. The van der Waals surface area contributed by atoms with Crippen molar-refractivity contribution in [2.75, 3.05) is 13.2 Å². The van der Waals surface area contributed by atoms with Crippen LogP contribution in [0.4, 0.5) is 0 Å². The van der Waals surface area contributed by atoms with Crippen molar-refractivity contribution < 1.29 is 13.5 Å². The van der Waals surface area contributed by atoms with Crippen molar-refractivity contribution in [2.45, 2.75) is 49.7 Å². The number of hydrogen-bond acceptors (Lipinski definition) is 4. The summed E-state index contributed by atoms with van der Waals surface area (Å²) in [7, 11) is -3.44. The van der Waals surface area contributed by atoms with Crippen molar-refractivity contribution >= 4 is 21.4 Å². The summed E-state index contributed by atoms with van der Waals surface area (Å²) >= 11 is 1.32. The first kappa shape index (κ1) is 15.9. The van der Waals surface area contributed by atoms with Gasteiger partial charge in [-0.25, -0.2) is 13.1 Å². The molecule has 0 aliphatic heterocycles. The van der Waals surface area contributed by atoms with E-state index < -0.39 is 10.0 Å². The fourth-order valence-electron chi connectivity index (χ4n) is 2.70. The maximum absolute atomic E-state index is 12.3. The molecule has 0 unspecified atom stereocenters. The summed E-state index contributed by atoms with van der Waals surface area (Å²) < 4.78 is 27.6. The Morgan fingerprint density at radius 1 is 1.30 bits per heavy atom. The zero-order chi connectivity index (χ0) is 14.6. The monoisotopic (exact) mass is 317 g/mol. The Balaban J connectivity index is 2.04. The molecule has 1 heterocycles. The first-order valence-electron chi connectivity index (χ1n) is 7.21. The Kier molecular flexibility index (Phi) is 5.23. The summed E-state index contributed by atoms with van der Waals surface area (Å²) in [5.41, 5.74) is -0.268. The maximum atomic E-state index is 12.3. The number of rotatable bonds is 6. The highest BCUT2D eigenvalue weighted by Gasteiger charge is 2.33. The molecular formula is C14H23NO3S2. The number of sulfonamides is 1. The highest BCUT2D eigenvalue weighted by atomic mass is 32.2. The molecule has 2 N–H and O–H groups in total. The van der Waals surface area contributed by atoms with E-state index >= 15 is 0 Å². The molecule has 1 saturated carbocycles. The maximum Gasteiger partial charge on any atom is 0.250 e. The van der Waals surface area contributed by atoms with Gasteiger partial charge in [0.15, 0.2) is 0 Å². The van der Waals surface area contributed by atoms with Crippen LogP contribution < -0.4 is 4.72 Å². The summed E-state index contributed by atoms with van der Waals surface area (Å²) in [6.07, 6.45) is 5.97. The molecule has 0 saturated heterocycles. The average Bonchev–Trinajstić information content (AvgIpc) is 2.96. The smallest absolute Gasteiger partial charge is 0.250 e. The van der Waals surface area contributed by atoms with E-state index in [-0.39, 0.29) is 12.0 Å². The van der Waals surface area contributed by atoms with Crippen molar-refractivity contribution in [3.05, 3.63) is 17.0 Å². The largest absolute Gasteiger partial charge is 0.396 e. The van der Waals surface area contributed by atoms with Crippen molar-refractivity contribution in [3.8, 4) is 0 Å². The molecule has 20 heavy (non-hydrogen) atoms. The van der Waals surface area contributed by atoms with E-state index in [1.165, 1.54) is 17.8 Å². The molecule has 114 valence electrons. The molecule has 2 rings (SSSR count). The van der Waals surface area contributed by atoms with E-state index in [9.17, 15) is 13.5 Å². The molecule has 1 aromatic heterocycles. The van der Waals surface area contributed by atoms with Gasteiger partial charge in [-0.15, -0.1) is 11.3 Å². The normalized spacial score (nSPS) is 19.1. The second-order valence-corrected chi connectivity index (χ2v) is 8.78.